The molecular formula is C22H18F4N2O4. The van der Waals surface area contributed by atoms with E-state index in [-0.39, 0.29) is 24.9 Å². The molecule has 0 bridgehead atoms. The topological polar surface area (TPSA) is 74.8 Å². The van der Waals surface area contributed by atoms with Crippen LogP contribution in [-0.4, -0.2) is 46.5 Å². The lowest BCUT2D eigenvalue weighted by Crippen LogP contribution is -2.47. The second-order valence-electron chi connectivity index (χ2n) is 8.74. The largest absolute Gasteiger partial charge is 0.274 e. The maximum atomic E-state index is 15.1. The molecule has 2 aromatic carbocycles. The molecule has 0 aliphatic carbocycles. The number of nitrogens with zero attached hydrogens (tertiary/aromatic N) is 2. The van der Waals surface area contributed by atoms with Crippen molar-refractivity contribution in [2.75, 3.05) is 13.1 Å². The number of imide groups is 2. The zero-order valence-corrected chi connectivity index (χ0v) is 17.6. The van der Waals surface area contributed by atoms with E-state index in [2.05, 4.69) is 0 Å². The highest BCUT2D eigenvalue weighted by molar-refractivity contribution is 6.33. The van der Waals surface area contributed by atoms with Crippen molar-refractivity contribution in [3.05, 3.63) is 45.5 Å². The van der Waals surface area contributed by atoms with E-state index in [1.165, 1.54) is 0 Å². The molecule has 32 heavy (non-hydrogen) atoms. The summed E-state index contributed by atoms with van der Waals surface area (Å²) in [5, 5.41) is -1.51. The first-order valence-corrected chi connectivity index (χ1v) is 9.98. The molecule has 0 unspecified atom stereocenters. The molecule has 168 valence electrons. The van der Waals surface area contributed by atoms with Crippen LogP contribution in [0.2, 0.25) is 0 Å². The molecule has 0 saturated carbocycles. The smallest absolute Gasteiger partial charge is 0.264 e. The number of rotatable bonds is 4. The molecule has 0 radical (unpaired) electrons. The van der Waals surface area contributed by atoms with Gasteiger partial charge in [-0.25, -0.2) is 17.6 Å². The fourth-order valence-electron chi connectivity index (χ4n) is 4.22. The number of hydrogen-bond donors (Lipinski definition) is 0. The van der Waals surface area contributed by atoms with Gasteiger partial charge in [0.05, 0.1) is 22.3 Å². The van der Waals surface area contributed by atoms with Crippen molar-refractivity contribution in [2.24, 2.45) is 11.8 Å². The van der Waals surface area contributed by atoms with Crippen molar-refractivity contribution in [3.63, 3.8) is 0 Å². The number of hydrogen-bond acceptors (Lipinski definition) is 4. The zero-order valence-electron chi connectivity index (χ0n) is 17.6. The van der Waals surface area contributed by atoms with E-state index in [4.69, 9.17) is 0 Å². The summed E-state index contributed by atoms with van der Waals surface area (Å²) in [5.74, 6) is -12.7. The van der Waals surface area contributed by atoms with Gasteiger partial charge in [-0.1, -0.05) is 27.7 Å². The number of carbonyl (C=O) groups excluding carboxylic acids is 4. The Labute approximate surface area is 179 Å². The highest BCUT2D eigenvalue weighted by Gasteiger charge is 2.47. The van der Waals surface area contributed by atoms with Crippen LogP contribution < -0.4 is 0 Å². The maximum absolute atomic E-state index is 15.1. The highest BCUT2D eigenvalue weighted by atomic mass is 19.2. The number of amides is 4. The van der Waals surface area contributed by atoms with E-state index in [0.717, 1.165) is 0 Å². The minimum absolute atomic E-state index is 0.260. The average molecular weight is 450 g/mol. The first kappa shape index (κ1) is 21.9. The Balaban J connectivity index is 2.18. The molecule has 0 N–H and O–H groups in total. The zero-order chi connectivity index (χ0) is 23.8. The molecule has 10 heteroatoms. The van der Waals surface area contributed by atoms with E-state index < -0.39 is 79.9 Å². The third-order valence-corrected chi connectivity index (χ3v) is 5.44. The van der Waals surface area contributed by atoms with Crippen LogP contribution in [-0.2, 0) is 0 Å². The molecule has 4 rings (SSSR count). The number of halogens is 4. The number of carbonyl (C=O) groups is 4. The van der Waals surface area contributed by atoms with Crippen molar-refractivity contribution in [2.45, 2.75) is 27.7 Å². The van der Waals surface area contributed by atoms with Gasteiger partial charge in [0.1, 0.15) is 0 Å². The highest BCUT2D eigenvalue weighted by Crippen LogP contribution is 2.43. The standard InChI is InChI=1S/C22H18F4N2O4/c1-7(2)5-27-19(29)11-9-10-13(17(25)15(11)23)21(31)28(6-8(3)4)22(32)14(10)18(26)16(24)12(9)20(27)30/h7-8H,5-6H2,1-4H3. The van der Waals surface area contributed by atoms with Gasteiger partial charge in [-0.05, 0) is 11.8 Å². The van der Waals surface area contributed by atoms with E-state index in [0.29, 0.717) is 9.80 Å². The summed E-state index contributed by atoms with van der Waals surface area (Å²) >= 11 is 0. The van der Waals surface area contributed by atoms with Crippen molar-refractivity contribution >= 4 is 34.4 Å². The number of benzene rings is 2. The molecule has 2 heterocycles. The molecule has 0 fully saturated rings. The van der Waals surface area contributed by atoms with Crippen molar-refractivity contribution in [1.82, 2.24) is 9.80 Å². The summed E-state index contributed by atoms with van der Waals surface area (Å²) in [6, 6.07) is 0. The molecule has 4 amide bonds. The Bertz CT molecular complexity index is 1090. The van der Waals surface area contributed by atoms with E-state index in [1.54, 1.807) is 27.7 Å². The quantitative estimate of drug-likeness (QED) is 0.523. The average Bonchev–Trinajstić information content (AvgIpc) is 2.70. The summed E-state index contributed by atoms with van der Waals surface area (Å²) in [5.41, 5.74) is -4.02. The minimum Gasteiger partial charge on any atom is -0.274 e. The van der Waals surface area contributed by atoms with Crippen LogP contribution >= 0.6 is 0 Å². The van der Waals surface area contributed by atoms with Crippen LogP contribution in [0.3, 0.4) is 0 Å². The molecular weight excluding hydrogens is 432 g/mol. The van der Waals surface area contributed by atoms with Gasteiger partial charge in [0.25, 0.3) is 23.6 Å². The Morgan fingerprint density at radius 2 is 0.750 bits per heavy atom. The van der Waals surface area contributed by atoms with Crippen LogP contribution in [0.5, 0.6) is 0 Å². The van der Waals surface area contributed by atoms with Crippen molar-refractivity contribution < 1.29 is 36.7 Å². The predicted molar refractivity (Wildman–Crippen MR) is 104 cm³/mol. The van der Waals surface area contributed by atoms with Crippen molar-refractivity contribution in [1.29, 1.82) is 0 Å². The van der Waals surface area contributed by atoms with Gasteiger partial charge in [-0.15, -0.1) is 0 Å². The van der Waals surface area contributed by atoms with E-state index >= 15 is 17.6 Å². The fraction of sp³-hybridized carbons (Fsp3) is 0.364. The monoisotopic (exact) mass is 450 g/mol. The Kier molecular flexibility index (Phi) is 4.87. The van der Waals surface area contributed by atoms with Crippen LogP contribution in [0.4, 0.5) is 17.6 Å². The molecule has 0 aromatic heterocycles. The Morgan fingerprint density at radius 1 is 0.531 bits per heavy atom. The SMILES string of the molecule is CC(C)CN1C(=O)c2c(F)c(F)c3c4c(c(F)c(F)c(c24)C1=O)C(=O)N(CC(C)C)C3=O. The van der Waals surface area contributed by atoms with Crippen LogP contribution in [0.15, 0.2) is 0 Å². The van der Waals surface area contributed by atoms with E-state index in [9.17, 15) is 19.2 Å². The maximum Gasteiger partial charge on any atom is 0.264 e. The second kappa shape index (κ2) is 7.11. The first-order valence-electron chi connectivity index (χ1n) is 9.98. The van der Waals surface area contributed by atoms with Gasteiger partial charge in [0.2, 0.25) is 0 Å². The minimum atomic E-state index is -1.76. The summed E-state index contributed by atoms with van der Waals surface area (Å²) in [6.07, 6.45) is 0. The van der Waals surface area contributed by atoms with Crippen molar-refractivity contribution in [3.8, 4) is 0 Å². The lowest BCUT2D eigenvalue weighted by atomic mass is 9.84. The lowest BCUT2D eigenvalue weighted by Gasteiger charge is -2.33. The molecule has 2 aliphatic rings. The Hall–Kier alpha value is -3.30. The van der Waals surface area contributed by atoms with Crippen LogP contribution in [0.25, 0.3) is 10.8 Å². The molecule has 2 aliphatic heterocycles. The normalized spacial score (nSPS) is 15.8. The first-order chi connectivity index (χ1) is 14.9. The third-order valence-electron chi connectivity index (χ3n) is 5.44. The van der Waals surface area contributed by atoms with Gasteiger partial charge in [-0.2, -0.15) is 0 Å². The molecule has 2 aromatic rings. The summed E-state index contributed by atoms with van der Waals surface area (Å²) < 4.78 is 60.5. The van der Waals surface area contributed by atoms with Gasteiger partial charge in [-0.3, -0.25) is 29.0 Å². The van der Waals surface area contributed by atoms with Gasteiger partial charge < -0.3 is 0 Å². The van der Waals surface area contributed by atoms with Crippen LogP contribution in [0, 0.1) is 35.1 Å². The summed E-state index contributed by atoms with van der Waals surface area (Å²) in [4.78, 5) is 52.7. The van der Waals surface area contributed by atoms with Gasteiger partial charge in [0.15, 0.2) is 23.3 Å². The molecule has 0 atom stereocenters. The van der Waals surface area contributed by atoms with Gasteiger partial charge >= 0.3 is 0 Å². The Morgan fingerprint density at radius 3 is 0.938 bits per heavy atom. The lowest BCUT2D eigenvalue weighted by molar-refractivity contribution is 0.0558. The molecule has 6 nitrogen and oxygen atoms in total. The summed E-state index contributed by atoms with van der Waals surface area (Å²) in [6.45, 7) is 6.00. The second-order valence-corrected chi connectivity index (χ2v) is 8.74. The predicted octanol–water partition coefficient (Wildman–Crippen LogP) is 3.90. The molecule has 0 saturated heterocycles. The summed E-state index contributed by atoms with van der Waals surface area (Å²) in [7, 11) is 0. The third kappa shape index (κ3) is 2.71. The van der Waals surface area contributed by atoms with Gasteiger partial charge in [0, 0.05) is 23.9 Å². The van der Waals surface area contributed by atoms with E-state index in [1.807, 2.05) is 0 Å². The van der Waals surface area contributed by atoms with Crippen LogP contribution in [0.1, 0.15) is 69.1 Å². The fourth-order valence-corrected chi connectivity index (χ4v) is 4.22. The molecule has 0 spiro atoms.